The maximum absolute atomic E-state index is 13.3. The number of ether oxygens (including phenoxy) is 1. The van der Waals surface area contributed by atoms with Crippen molar-refractivity contribution in [1.29, 1.82) is 0 Å². The molecule has 1 saturated carbocycles. The second-order valence-corrected chi connectivity index (χ2v) is 9.56. The summed E-state index contributed by atoms with van der Waals surface area (Å²) in [5.41, 5.74) is 2.09. The molecule has 1 aliphatic heterocycles. The highest BCUT2D eigenvalue weighted by Crippen LogP contribution is 2.35. The Bertz CT molecular complexity index is 985. The van der Waals surface area contributed by atoms with Gasteiger partial charge in [-0.15, -0.1) is 17.9 Å². The number of hydrogen-bond acceptors (Lipinski definition) is 4. The predicted molar refractivity (Wildman–Crippen MR) is 124 cm³/mol. The lowest BCUT2D eigenvalue weighted by atomic mass is 10.0. The van der Waals surface area contributed by atoms with E-state index in [1.54, 1.807) is 22.3 Å². The van der Waals surface area contributed by atoms with Crippen LogP contribution < -0.4 is 4.74 Å². The van der Waals surface area contributed by atoms with Crippen molar-refractivity contribution in [2.24, 2.45) is 5.92 Å². The molecule has 0 saturated heterocycles. The van der Waals surface area contributed by atoms with E-state index in [2.05, 4.69) is 18.0 Å². The van der Waals surface area contributed by atoms with E-state index in [0.717, 1.165) is 36.1 Å². The Morgan fingerprint density at radius 2 is 2.16 bits per heavy atom. The first-order valence-corrected chi connectivity index (χ1v) is 11.9. The molecule has 0 unspecified atom stereocenters. The van der Waals surface area contributed by atoms with Gasteiger partial charge in [-0.05, 0) is 67.0 Å². The van der Waals surface area contributed by atoms with Gasteiger partial charge < -0.3 is 14.5 Å². The van der Waals surface area contributed by atoms with E-state index >= 15 is 0 Å². The van der Waals surface area contributed by atoms with Gasteiger partial charge in [0.05, 0.1) is 6.04 Å². The van der Waals surface area contributed by atoms with Crippen LogP contribution in [0, 0.1) is 12.8 Å². The lowest BCUT2D eigenvalue weighted by molar-refractivity contribution is -0.142. The van der Waals surface area contributed by atoms with Crippen LogP contribution in [0.3, 0.4) is 0 Å². The summed E-state index contributed by atoms with van der Waals surface area (Å²) in [5, 5.41) is 2.77. The number of benzene rings is 1. The number of rotatable bonds is 8. The number of carbonyl (C=O) groups excluding carboxylic acids is 2. The Balaban J connectivity index is 1.50. The molecule has 4 rings (SSSR count). The number of thiophene rings is 1. The van der Waals surface area contributed by atoms with Crippen molar-refractivity contribution in [3.8, 4) is 5.75 Å². The Kier molecular flexibility index (Phi) is 6.68. The molecule has 1 aliphatic carbocycles. The lowest BCUT2D eigenvalue weighted by Crippen LogP contribution is -2.48. The highest BCUT2D eigenvalue weighted by Gasteiger charge is 2.36. The van der Waals surface area contributed by atoms with Gasteiger partial charge in [0.15, 0.2) is 0 Å². The summed E-state index contributed by atoms with van der Waals surface area (Å²) in [6.07, 6.45) is 4.34. The van der Waals surface area contributed by atoms with Crippen molar-refractivity contribution in [2.75, 3.05) is 26.2 Å². The summed E-state index contributed by atoms with van der Waals surface area (Å²) in [7, 11) is 0. The molecular formula is C24H27ClN2O3S. The Morgan fingerprint density at radius 1 is 1.35 bits per heavy atom. The van der Waals surface area contributed by atoms with E-state index in [0.29, 0.717) is 24.7 Å². The Labute approximate surface area is 192 Å². The minimum atomic E-state index is -0.180. The van der Waals surface area contributed by atoms with Crippen LogP contribution in [-0.4, -0.2) is 47.9 Å². The molecule has 5 nitrogen and oxygen atoms in total. The maximum Gasteiger partial charge on any atom is 0.242 e. The molecule has 1 atom stereocenters. The number of fused-ring (bicyclic) bond motifs is 1. The topological polar surface area (TPSA) is 49.9 Å². The molecular weight excluding hydrogens is 432 g/mol. The molecule has 7 heteroatoms. The fourth-order valence-electron chi connectivity index (χ4n) is 3.99. The van der Waals surface area contributed by atoms with E-state index in [4.69, 9.17) is 16.3 Å². The lowest BCUT2D eigenvalue weighted by Gasteiger charge is -2.37. The third-order valence-corrected chi connectivity index (χ3v) is 7.29. The highest BCUT2D eigenvalue weighted by atomic mass is 35.5. The minimum absolute atomic E-state index is 0.0476. The molecule has 2 heterocycles. The normalized spacial score (nSPS) is 17.7. The average molecular weight is 459 g/mol. The van der Waals surface area contributed by atoms with E-state index in [1.165, 1.54) is 4.88 Å². The van der Waals surface area contributed by atoms with Crippen molar-refractivity contribution >= 4 is 34.8 Å². The summed E-state index contributed by atoms with van der Waals surface area (Å²) in [4.78, 5) is 30.7. The second kappa shape index (κ2) is 9.45. The van der Waals surface area contributed by atoms with Gasteiger partial charge in [-0.1, -0.05) is 17.7 Å². The summed E-state index contributed by atoms with van der Waals surface area (Å²) < 4.78 is 6.09. The van der Waals surface area contributed by atoms with E-state index < -0.39 is 0 Å². The zero-order valence-electron chi connectivity index (χ0n) is 17.7. The van der Waals surface area contributed by atoms with Crippen molar-refractivity contribution in [3.63, 3.8) is 0 Å². The van der Waals surface area contributed by atoms with Gasteiger partial charge in [0.1, 0.15) is 18.9 Å². The predicted octanol–water partition coefficient (Wildman–Crippen LogP) is 4.64. The maximum atomic E-state index is 13.3. The Morgan fingerprint density at radius 3 is 2.87 bits per heavy atom. The van der Waals surface area contributed by atoms with Gasteiger partial charge in [0.25, 0.3) is 0 Å². The van der Waals surface area contributed by atoms with Crippen LogP contribution in [0.5, 0.6) is 5.75 Å². The number of aryl methyl sites for hydroxylation is 1. The van der Waals surface area contributed by atoms with Crippen LogP contribution in [0.15, 0.2) is 42.3 Å². The van der Waals surface area contributed by atoms with Gasteiger partial charge in [0, 0.05) is 28.9 Å². The number of amides is 2. The minimum Gasteiger partial charge on any atom is -0.491 e. The molecule has 2 amide bonds. The number of hydrogen-bond donors (Lipinski definition) is 0. The molecule has 0 N–H and O–H groups in total. The first kappa shape index (κ1) is 21.9. The summed E-state index contributed by atoms with van der Waals surface area (Å²) in [6, 6.07) is 7.48. The number of carbonyl (C=O) groups is 2. The molecule has 0 radical (unpaired) electrons. The fourth-order valence-corrected chi connectivity index (χ4v) is 5.03. The van der Waals surface area contributed by atoms with Crippen LogP contribution in [-0.2, 0) is 16.0 Å². The zero-order chi connectivity index (χ0) is 22.0. The van der Waals surface area contributed by atoms with Crippen molar-refractivity contribution in [3.05, 3.63) is 63.3 Å². The quantitative estimate of drug-likeness (QED) is 0.541. The van der Waals surface area contributed by atoms with Crippen molar-refractivity contribution in [1.82, 2.24) is 9.80 Å². The van der Waals surface area contributed by atoms with E-state index in [-0.39, 0.29) is 30.3 Å². The average Bonchev–Trinajstić information content (AvgIpc) is 3.50. The molecule has 0 spiro atoms. The number of halogens is 1. The summed E-state index contributed by atoms with van der Waals surface area (Å²) in [6.45, 7) is 7.14. The van der Waals surface area contributed by atoms with Crippen molar-refractivity contribution in [2.45, 2.75) is 32.2 Å². The zero-order valence-corrected chi connectivity index (χ0v) is 19.3. The van der Waals surface area contributed by atoms with Gasteiger partial charge >= 0.3 is 0 Å². The molecule has 1 fully saturated rings. The van der Waals surface area contributed by atoms with Gasteiger partial charge in [-0.2, -0.15) is 0 Å². The molecule has 2 aromatic rings. The van der Waals surface area contributed by atoms with E-state index in [9.17, 15) is 9.59 Å². The SMILES string of the molecule is C=CCN(CC(=O)N1CCc2sccc2[C@H]1COc1ccc(Cl)c(C)c1)C(=O)C1CC1. The van der Waals surface area contributed by atoms with Gasteiger partial charge in [-0.25, -0.2) is 0 Å². The molecule has 1 aromatic heterocycles. The Hall–Kier alpha value is -2.31. The van der Waals surface area contributed by atoms with Crippen LogP contribution in [0.25, 0.3) is 0 Å². The first-order chi connectivity index (χ1) is 15.0. The smallest absolute Gasteiger partial charge is 0.242 e. The largest absolute Gasteiger partial charge is 0.491 e. The van der Waals surface area contributed by atoms with Crippen LogP contribution in [0.4, 0.5) is 0 Å². The summed E-state index contributed by atoms with van der Waals surface area (Å²) >= 11 is 7.85. The first-order valence-electron chi connectivity index (χ1n) is 10.6. The molecule has 0 bridgehead atoms. The van der Waals surface area contributed by atoms with Gasteiger partial charge in [-0.3, -0.25) is 9.59 Å². The van der Waals surface area contributed by atoms with E-state index in [1.807, 2.05) is 30.0 Å². The van der Waals surface area contributed by atoms with Crippen molar-refractivity contribution < 1.29 is 14.3 Å². The molecule has 31 heavy (non-hydrogen) atoms. The third-order valence-electron chi connectivity index (χ3n) is 5.87. The molecule has 2 aliphatic rings. The molecule has 1 aromatic carbocycles. The standard InChI is InChI=1S/C24H27ClN2O3S/c1-3-10-26(24(29)17-4-5-17)14-23(28)27-11-8-22-19(9-12-31-22)21(27)15-30-18-6-7-20(25)16(2)13-18/h3,6-7,9,12-13,17,21H,1,4-5,8,10-11,14-15H2,2H3/t21-/m1/s1. The fraction of sp³-hybridized carbons (Fsp3) is 0.417. The number of nitrogens with zero attached hydrogens (tertiary/aromatic N) is 2. The van der Waals surface area contributed by atoms with Gasteiger partial charge in [0.2, 0.25) is 11.8 Å². The van der Waals surface area contributed by atoms with Crippen LogP contribution in [0.2, 0.25) is 5.02 Å². The highest BCUT2D eigenvalue weighted by molar-refractivity contribution is 7.10. The van der Waals surface area contributed by atoms with Crippen LogP contribution >= 0.6 is 22.9 Å². The third kappa shape index (κ3) is 4.96. The monoisotopic (exact) mass is 458 g/mol. The van der Waals surface area contributed by atoms with Crippen LogP contribution in [0.1, 0.15) is 34.9 Å². The summed E-state index contributed by atoms with van der Waals surface area (Å²) in [5.74, 6) is 0.818. The molecule has 164 valence electrons. The second-order valence-electron chi connectivity index (χ2n) is 8.16.